The molecule has 0 aliphatic rings. The van der Waals surface area contributed by atoms with Gasteiger partial charge in [-0.3, -0.25) is 0 Å². The molecule has 2 heteroatoms. The fourth-order valence-electron chi connectivity index (χ4n) is 1.16. The van der Waals surface area contributed by atoms with E-state index in [1.807, 2.05) is 6.92 Å². The molecule has 14 heavy (non-hydrogen) atoms. The first-order chi connectivity index (χ1) is 6.77. The van der Waals surface area contributed by atoms with Gasteiger partial charge in [0.1, 0.15) is 0 Å². The molecule has 76 valence electrons. The molecule has 1 aromatic rings. The van der Waals surface area contributed by atoms with Crippen LogP contribution in [0.25, 0.3) is 6.08 Å². The normalized spacial score (nSPS) is 13.4. The summed E-state index contributed by atoms with van der Waals surface area (Å²) in [6, 6.07) is 8.43. The lowest BCUT2D eigenvalue weighted by Crippen LogP contribution is -1.94. The van der Waals surface area contributed by atoms with Crippen LogP contribution >= 0.6 is 11.8 Å². The van der Waals surface area contributed by atoms with Gasteiger partial charge in [0.2, 0.25) is 0 Å². The van der Waals surface area contributed by atoms with Gasteiger partial charge < -0.3 is 4.74 Å². The number of hydrogen-bond acceptors (Lipinski definition) is 2. The van der Waals surface area contributed by atoms with E-state index < -0.39 is 0 Å². The summed E-state index contributed by atoms with van der Waals surface area (Å²) in [7, 11) is 1.73. The van der Waals surface area contributed by atoms with Crippen molar-refractivity contribution in [1.29, 1.82) is 0 Å². The van der Waals surface area contributed by atoms with E-state index in [0.717, 1.165) is 0 Å². The molecule has 0 fully saturated rings. The van der Waals surface area contributed by atoms with Crippen LogP contribution in [0.3, 0.4) is 0 Å². The summed E-state index contributed by atoms with van der Waals surface area (Å²) >= 11 is 1.71. The molecule has 0 heterocycles. The maximum Gasteiger partial charge on any atom is 0.0793 e. The van der Waals surface area contributed by atoms with Crippen molar-refractivity contribution < 1.29 is 4.74 Å². The molecule has 1 rings (SSSR count). The van der Waals surface area contributed by atoms with Crippen molar-refractivity contribution in [3.8, 4) is 0 Å². The SMILES string of the molecule is COC(C)c1ccc(/C=C/SC)cc1. The second-order valence-corrected chi connectivity index (χ2v) is 3.83. The Labute approximate surface area is 90.2 Å². The van der Waals surface area contributed by atoms with Crippen molar-refractivity contribution in [3.05, 3.63) is 40.8 Å². The maximum absolute atomic E-state index is 5.24. The minimum atomic E-state index is 0.175. The fourth-order valence-corrected chi connectivity index (χ4v) is 1.45. The van der Waals surface area contributed by atoms with Gasteiger partial charge in [-0.1, -0.05) is 24.3 Å². The van der Waals surface area contributed by atoms with E-state index >= 15 is 0 Å². The fraction of sp³-hybridized carbons (Fsp3) is 0.333. The number of thioether (sulfide) groups is 1. The molecule has 0 bridgehead atoms. The number of ether oxygens (including phenoxy) is 1. The van der Waals surface area contributed by atoms with Crippen molar-refractivity contribution in [1.82, 2.24) is 0 Å². The Hall–Kier alpha value is -0.730. The minimum absolute atomic E-state index is 0.175. The molecule has 0 saturated carbocycles. The molecule has 0 aromatic heterocycles. The molecular weight excluding hydrogens is 192 g/mol. The van der Waals surface area contributed by atoms with Crippen molar-refractivity contribution in [2.24, 2.45) is 0 Å². The summed E-state index contributed by atoms with van der Waals surface area (Å²) < 4.78 is 5.24. The van der Waals surface area contributed by atoms with Gasteiger partial charge in [-0.25, -0.2) is 0 Å². The lowest BCUT2D eigenvalue weighted by Gasteiger charge is -2.09. The smallest absolute Gasteiger partial charge is 0.0793 e. The van der Waals surface area contributed by atoms with Gasteiger partial charge in [0.25, 0.3) is 0 Å². The van der Waals surface area contributed by atoms with Crippen LogP contribution in [0.2, 0.25) is 0 Å². The Morgan fingerprint density at radius 2 is 1.93 bits per heavy atom. The van der Waals surface area contributed by atoms with Gasteiger partial charge in [-0.05, 0) is 35.8 Å². The first kappa shape index (κ1) is 11.3. The highest BCUT2D eigenvalue weighted by atomic mass is 32.2. The Kier molecular flexibility index (Phi) is 4.77. The third kappa shape index (κ3) is 3.20. The average Bonchev–Trinajstić information content (AvgIpc) is 2.26. The number of benzene rings is 1. The molecule has 0 saturated heterocycles. The summed E-state index contributed by atoms with van der Waals surface area (Å²) in [6.07, 6.45) is 4.33. The van der Waals surface area contributed by atoms with E-state index in [1.54, 1.807) is 18.9 Å². The van der Waals surface area contributed by atoms with E-state index in [4.69, 9.17) is 4.74 Å². The molecule has 0 radical (unpaired) electrons. The molecule has 0 aliphatic carbocycles. The van der Waals surface area contributed by atoms with Crippen LogP contribution in [0.4, 0.5) is 0 Å². The van der Waals surface area contributed by atoms with Gasteiger partial charge in [-0.2, -0.15) is 0 Å². The summed E-state index contributed by atoms with van der Waals surface area (Å²) in [4.78, 5) is 0. The predicted molar refractivity (Wildman–Crippen MR) is 64.4 cm³/mol. The summed E-state index contributed by atoms with van der Waals surface area (Å²) in [5, 5.41) is 2.08. The molecule has 1 aromatic carbocycles. The van der Waals surface area contributed by atoms with E-state index in [1.165, 1.54) is 11.1 Å². The Balaban J connectivity index is 2.73. The number of hydrogen-bond donors (Lipinski definition) is 0. The van der Waals surface area contributed by atoms with Crippen molar-refractivity contribution in [2.45, 2.75) is 13.0 Å². The second-order valence-electron chi connectivity index (χ2n) is 3.08. The summed E-state index contributed by atoms with van der Waals surface area (Å²) in [5.74, 6) is 0. The molecule has 0 spiro atoms. The highest BCUT2D eigenvalue weighted by Gasteiger charge is 2.01. The molecular formula is C12H16OS. The largest absolute Gasteiger partial charge is 0.377 e. The zero-order valence-corrected chi connectivity index (χ0v) is 9.67. The van der Waals surface area contributed by atoms with Gasteiger partial charge >= 0.3 is 0 Å². The Bertz CT molecular complexity index is 290. The van der Waals surface area contributed by atoms with Gasteiger partial charge in [0.05, 0.1) is 6.10 Å². The zero-order chi connectivity index (χ0) is 10.4. The molecule has 0 N–H and O–H groups in total. The van der Waals surface area contributed by atoms with Crippen LogP contribution in [-0.2, 0) is 4.74 Å². The first-order valence-electron chi connectivity index (χ1n) is 4.60. The lowest BCUT2D eigenvalue weighted by molar-refractivity contribution is 0.119. The maximum atomic E-state index is 5.24. The molecule has 1 unspecified atom stereocenters. The summed E-state index contributed by atoms with van der Waals surface area (Å²) in [6.45, 7) is 2.05. The van der Waals surface area contributed by atoms with Crippen LogP contribution < -0.4 is 0 Å². The Morgan fingerprint density at radius 1 is 1.29 bits per heavy atom. The molecule has 0 aliphatic heterocycles. The highest BCUT2D eigenvalue weighted by molar-refractivity contribution is 8.01. The third-order valence-corrected chi connectivity index (χ3v) is 2.56. The van der Waals surface area contributed by atoms with E-state index in [0.29, 0.717) is 0 Å². The van der Waals surface area contributed by atoms with Crippen molar-refractivity contribution in [3.63, 3.8) is 0 Å². The molecule has 1 atom stereocenters. The van der Waals surface area contributed by atoms with Gasteiger partial charge in [0.15, 0.2) is 0 Å². The standard InChI is InChI=1S/C12H16OS/c1-10(13-2)12-6-4-11(5-7-12)8-9-14-3/h4-10H,1-3H3/b9-8+. The summed E-state index contributed by atoms with van der Waals surface area (Å²) in [5.41, 5.74) is 2.44. The average molecular weight is 208 g/mol. The van der Waals surface area contributed by atoms with E-state index in [2.05, 4.69) is 42.0 Å². The number of methoxy groups -OCH3 is 1. The third-order valence-electron chi connectivity index (χ3n) is 2.16. The van der Waals surface area contributed by atoms with Crippen LogP contribution in [0.1, 0.15) is 24.2 Å². The molecule has 1 nitrogen and oxygen atoms in total. The van der Waals surface area contributed by atoms with Crippen LogP contribution in [0.5, 0.6) is 0 Å². The number of rotatable bonds is 4. The van der Waals surface area contributed by atoms with Crippen molar-refractivity contribution >= 4 is 17.8 Å². The van der Waals surface area contributed by atoms with E-state index in [9.17, 15) is 0 Å². The topological polar surface area (TPSA) is 9.23 Å². The Morgan fingerprint density at radius 3 is 2.43 bits per heavy atom. The van der Waals surface area contributed by atoms with Crippen LogP contribution in [0.15, 0.2) is 29.7 Å². The molecule has 0 amide bonds. The monoisotopic (exact) mass is 208 g/mol. The zero-order valence-electron chi connectivity index (χ0n) is 8.86. The van der Waals surface area contributed by atoms with E-state index in [-0.39, 0.29) is 6.10 Å². The highest BCUT2D eigenvalue weighted by Crippen LogP contribution is 2.17. The van der Waals surface area contributed by atoms with Crippen molar-refractivity contribution in [2.75, 3.05) is 13.4 Å². The predicted octanol–water partition coefficient (Wildman–Crippen LogP) is 3.73. The first-order valence-corrected chi connectivity index (χ1v) is 5.89. The van der Waals surface area contributed by atoms with Crippen LogP contribution in [0, 0.1) is 0 Å². The van der Waals surface area contributed by atoms with Gasteiger partial charge in [-0.15, -0.1) is 11.8 Å². The van der Waals surface area contributed by atoms with Gasteiger partial charge in [0, 0.05) is 7.11 Å². The quantitative estimate of drug-likeness (QED) is 0.745. The van der Waals surface area contributed by atoms with Crippen LogP contribution in [-0.4, -0.2) is 13.4 Å². The lowest BCUT2D eigenvalue weighted by atomic mass is 10.1. The minimum Gasteiger partial charge on any atom is -0.377 e. The second kappa shape index (κ2) is 5.89.